The molecule has 0 saturated heterocycles. The quantitative estimate of drug-likeness (QED) is 0.414. The average molecular weight is 211 g/mol. The van der Waals surface area contributed by atoms with Crippen LogP contribution in [-0.2, 0) is 0 Å². The first kappa shape index (κ1) is 6.87. The second kappa shape index (κ2) is 5.87. The first-order chi connectivity index (χ1) is 3.41. The third-order valence-electron chi connectivity index (χ3n) is 0.351. The van der Waals surface area contributed by atoms with Crippen LogP contribution in [0.2, 0.25) is 0 Å². The van der Waals surface area contributed by atoms with Crippen molar-refractivity contribution in [2.75, 3.05) is 6.67 Å². The molecule has 0 spiro atoms. The fraction of sp³-hybridized carbons (Fsp3) is 0.333. The highest BCUT2D eigenvalue weighted by Gasteiger charge is 1.64. The zero-order chi connectivity index (χ0) is 5.54. The molecule has 0 heterocycles. The fourth-order valence-electron chi connectivity index (χ4n) is 0.143. The third-order valence-corrected chi connectivity index (χ3v) is 0.711. The van der Waals surface area contributed by atoms with E-state index in [2.05, 4.69) is 33.0 Å². The van der Waals surface area contributed by atoms with Gasteiger partial charge < -0.3 is 5.32 Å². The maximum absolute atomic E-state index is 6.31. The monoisotopic (exact) mass is 211 g/mol. The number of rotatable bonds is 3. The summed E-state index contributed by atoms with van der Waals surface area (Å²) in [7, 11) is 0. The van der Waals surface area contributed by atoms with E-state index in [1.165, 1.54) is 0 Å². The van der Waals surface area contributed by atoms with Crippen LogP contribution in [0.5, 0.6) is 0 Å². The molecule has 0 amide bonds. The van der Waals surface area contributed by atoms with E-state index in [0.717, 1.165) is 0 Å². The molecule has 4 heteroatoms. The first-order valence-corrected chi connectivity index (χ1v) is 2.98. The molecule has 0 saturated carbocycles. The van der Waals surface area contributed by atoms with Gasteiger partial charge in [-0.25, -0.2) is 5.53 Å². The normalized spacial score (nSPS) is 9.29. The second-order valence-electron chi connectivity index (χ2n) is 0.813. The molecule has 0 unspecified atom stereocenters. The van der Waals surface area contributed by atoms with E-state index in [-0.39, 0.29) is 0 Å². The maximum atomic E-state index is 6.31. The summed E-state index contributed by atoms with van der Waals surface area (Å²) in [5.74, 6) is 0. The van der Waals surface area contributed by atoms with Crippen LogP contribution in [0.15, 0.2) is 15.4 Å². The lowest BCUT2D eigenvalue weighted by Crippen LogP contribution is -2.01. The smallest absolute Gasteiger partial charge is 0.128 e. The molecular weight excluding hydrogens is 205 g/mol. The Hall–Kier alpha value is -0.130. The molecule has 0 aromatic carbocycles. The molecule has 0 radical (unpaired) electrons. The molecule has 0 bridgehead atoms. The van der Waals surface area contributed by atoms with Gasteiger partial charge in [0.2, 0.25) is 0 Å². The second-order valence-corrected chi connectivity index (χ2v) is 1.53. The van der Waals surface area contributed by atoms with E-state index in [1.54, 1.807) is 6.20 Å². The molecule has 0 aromatic rings. The number of hydrogen-bond acceptors (Lipinski definition) is 3. The molecule has 0 aliphatic heterocycles. The maximum Gasteiger partial charge on any atom is 0.128 e. The molecule has 7 heavy (non-hydrogen) atoms. The molecule has 0 fully saturated rings. The van der Waals surface area contributed by atoms with Crippen LogP contribution in [0.3, 0.4) is 0 Å². The lowest BCUT2D eigenvalue weighted by molar-refractivity contribution is 0.808. The highest BCUT2D eigenvalue weighted by Crippen LogP contribution is 1.78. The summed E-state index contributed by atoms with van der Waals surface area (Å²) in [6.45, 7) is 0.375. The van der Waals surface area contributed by atoms with Gasteiger partial charge in [0.1, 0.15) is 6.67 Å². The van der Waals surface area contributed by atoms with Crippen molar-refractivity contribution >= 4 is 22.6 Å². The minimum atomic E-state index is 0.375. The van der Waals surface area contributed by atoms with Gasteiger partial charge in [0.15, 0.2) is 0 Å². The molecule has 0 atom stereocenters. The average Bonchev–Trinajstić information content (AvgIpc) is 1.69. The molecule has 0 aliphatic carbocycles. The highest BCUT2D eigenvalue weighted by atomic mass is 127. The highest BCUT2D eigenvalue weighted by molar-refractivity contribution is 14.1. The van der Waals surface area contributed by atoms with Crippen LogP contribution in [0.25, 0.3) is 0 Å². The summed E-state index contributed by atoms with van der Waals surface area (Å²) in [6, 6.07) is 0. The van der Waals surface area contributed by atoms with Crippen molar-refractivity contribution in [2.45, 2.75) is 0 Å². The summed E-state index contributed by atoms with van der Waals surface area (Å²) in [6.07, 6.45) is 1.73. The van der Waals surface area contributed by atoms with Crippen LogP contribution in [0.1, 0.15) is 0 Å². The molecular formula is C3H6IN3. The van der Waals surface area contributed by atoms with E-state index >= 15 is 0 Å². The van der Waals surface area contributed by atoms with Crippen LogP contribution in [0.4, 0.5) is 0 Å². The predicted molar refractivity (Wildman–Crippen MR) is 36.3 cm³/mol. The van der Waals surface area contributed by atoms with Gasteiger partial charge in [0, 0.05) is 6.20 Å². The lowest BCUT2D eigenvalue weighted by atomic mass is 10.9. The van der Waals surface area contributed by atoms with Crippen LogP contribution >= 0.6 is 22.6 Å². The van der Waals surface area contributed by atoms with Gasteiger partial charge in [-0.1, -0.05) is 22.6 Å². The summed E-state index contributed by atoms with van der Waals surface area (Å²) < 4.78 is 1.82. The van der Waals surface area contributed by atoms with Gasteiger partial charge in [0.25, 0.3) is 0 Å². The zero-order valence-corrected chi connectivity index (χ0v) is 5.84. The Morgan fingerprint density at radius 3 is 3.00 bits per heavy atom. The van der Waals surface area contributed by atoms with E-state index in [4.69, 9.17) is 5.53 Å². The van der Waals surface area contributed by atoms with Gasteiger partial charge in [-0.2, -0.15) is 5.11 Å². The molecule has 0 rings (SSSR count). The Kier molecular flexibility index (Phi) is 5.76. The van der Waals surface area contributed by atoms with Crippen molar-refractivity contribution in [2.24, 2.45) is 5.11 Å². The first-order valence-electron chi connectivity index (χ1n) is 1.73. The summed E-state index contributed by atoms with van der Waals surface area (Å²) in [5, 5.41) is 5.80. The van der Waals surface area contributed by atoms with Gasteiger partial charge >= 0.3 is 0 Å². The largest absolute Gasteiger partial charge is 0.370 e. The summed E-state index contributed by atoms with van der Waals surface area (Å²) in [4.78, 5) is 0. The van der Waals surface area contributed by atoms with Gasteiger partial charge in [-0.05, 0) is 4.08 Å². The Morgan fingerprint density at radius 1 is 1.86 bits per heavy atom. The van der Waals surface area contributed by atoms with Crippen molar-refractivity contribution in [1.29, 1.82) is 5.53 Å². The standard InChI is InChI=1S/C3H6IN3/c4-1-2-6-3-7-5/h1-2,5-6H,3H2/b2-1-,7-5?. The topological polar surface area (TPSA) is 48.2 Å². The van der Waals surface area contributed by atoms with Gasteiger partial charge in [-0.3, -0.25) is 0 Å². The zero-order valence-electron chi connectivity index (χ0n) is 3.69. The van der Waals surface area contributed by atoms with Gasteiger partial charge in [-0.15, -0.1) is 0 Å². The van der Waals surface area contributed by atoms with Crippen LogP contribution in [0, 0.1) is 5.53 Å². The van der Waals surface area contributed by atoms with Crippen molar-refractivity contribution in [1.82, 2.24) is 5.32 Å². The Labute approximate surface area is 55.8 Å². The summed E-state index contributed by atoms with van der Waals surface area (Å²) >= 11 is 2.08. The number of halogens is 1. The van der Waals surface area contributed by atoms with E-state index in [0.29, 0.717) is 6.67 Å². The van der Waals surface area contributed by atoms with E-state index in [1.807, 2.05) is 4.08 Å². The Bertz CT molecular complexity index is 70.6. The minimum Gasteiger partial charge on any atom is -0.370 e. The number of hydrogen-bond donors (Lipinski definition) is 2. The van der Waals surface area contributed by atoms with Crippen LogP contribution < -0.4 is 5.32 Å². The SMILES string of the molecule is N=NCN/C=C\I. The number of nitrogens with one attached hydrogen (secondary N) is 2. The minimum absolute atomic E-state index is 0.375. The van der Waals surface area contributed by atoms with Crippen molar-refractivity contribution in [3.8, 4) is 0 Å². The molecule has 40 valence electrons. The number of nitrogens with zero attached hydrogens (tertiary/aromatic N) is 1. The van der Waals surface area contributed by atoms with E-state index in [9.17, 15) is 0 Å². The Morgan fingerprint density at radius 2 is 2.57 bits per heavy atom. The lowest BCUT2D eigenvalue weighted by Gasteiger charge is -1.85. The summed E-state index contributed by atoms with van der Waals surface area (Å²) in [5.41, 5.74) is 6.31. The van der Waals surface area contributed by atoms with Gasteiger partial charge in [0.05, 0.1) is 0 Å². The predicted octanol–water partition coefficient (Wildman–Crippen LogP) is 1.47. The molecule has 0 aromatic heterocycles. The van der Waals surface area contributed by atoms with Crippen molar-refractivity contribution in [3.63, 3.8) is 0 Å². The molecule has 0 aliphatic rings. The molecule has 3 nitrogen and oxygen atoms in total. The van der Waals surface area contributed by atoms with Crippen molar-refractivity contribution < 1.29 is 0 Å². The molecule has 2 N–H and O–H groups in total. The van der Waals surface area contributed by atoms with Crippen molar-refractivity contribution in [3.05, 3.63) is 10.3 Å². The Balaban J connectivity index is 2.82. The van der Waals surface area contributed by atoms with E-state index < -0.39 is 0 Å². The van der Waals surface area contributed by atoms with Crippen LogP contribution in [-0.4, -0.2) is 6.67 Å². The fourth-order valence-corrected chi connectivity index (χ4v) is 0.397. The third kappa shape index (κ3) is 5.87.